The molecule has 1 unspecified atom stereocenters. The van der Waals surface area contributed by atoms with Gasteiger partial charge in [0.15, 0.2) is 5.84 Å². The van der Waals surface area contributed by atoms with Crippen LogP contribution < -0.4 is 10.6 Å². The zero-order valence-electron chi connectivity index (χ0n) is 10.8. The van der Waals surface area contributed by atoms with Crippen molar-refractivity contribution in [2.75, 3.05) is 24.6 Å². The van der Waals surface area contributed by atoms with Crippen molar-refractivity contribution in [1.82, 2.24) is 0 Å². The molecular weight excluding hydrogens is 266 g/mol. The Bertz CT molecular complexity index is 479. The third-order valence-corrected chi connectivity index (χ3v) is 3.51. The van der Waals surface area contributed by atoms with Crippen LogP contribution >= 0.6 is 11.6 Å². The summed E-state index contributed by atoms with van der Waals surface area (Å²) in [6.45, 7) is 4.35. The number of anilines is 1. The summed E-state index contributed by atoms with van der Waals surface area (Å²) < 4.78 is 5.65. The first-order valence-corrected chi connectivity index (χ1v) is 6.67. The van der Waals surface area contributed by atoms with E-state index in [-0.39, 0.29) is 11.9 Å². The van der Waals surface area contributed by atoms with Crippen molar-refractivity contribution in [3.63, 3.8) is 0 Å². The Labute approximate surface area is 117 Å². The van der Waals surface area contributed by atoms with Crippen LogP contribution in [0.15, 0.2) is 23.4 Å². The summed E-state index contributed by atoms with van der Waals surface area (Å²) in [5, 5.41) is 12.5. The van der Waals surface area contributed by atoms with E-state index in [0.717, 1.165) is 25.2 Å². The molecule has 19 heavy (non-hydrogen) atoms. The number of hydrogen-bond acceptors (Lipinski definition) is 4. The zero-order valence-corrected chi connectivity index (χ0v) is 11.6. The quantitative estimate of drug-likeness (QED) is 0.385. The Hall–Kier alpha value is -1.46. The summed E-state index contributed by atoms with van der Waals surface area (Å²) in [5.74, 6) is 0.0667. The molecule has 104 valence electrons. The van der Waals surface area contributed by atoms with Gasteiger partial charge in [-0.15, -0.1) is 0 Å². The number of hydrogen-bond donors (Lipinski definition) is 2. The van der Waals surface area contributed by atoms with Crippen molar-refractivity contribution in [2.45, 2.75) is 19.4 Å². The predicted octanol–water partition coefficient (Wildman–Crippen LogP) is 2.05. The van der Waals surface area contributed by atoms with Gasteiger partial charge in [-0.1, -0.05) is 23.7 Å². The van der Waals surface area contributed by atoms with E-state index in [0.29, 0.717) is 17.2 Å². The molecular formula is C13H18ClN3O2. The van der Waals surface area contributed by atoms with Gasteiger partial charge in [-0.05, 0) is 24.6 Å². The van der Waals surface area contributed by atoms with Crippen LogP contribution in [-0.2, 0) is 4.74 Å². The number of nitrogens with two attached hydrogens (primary N) is 1. The van der Waals surface area contributed by atoms with Crippen molar-refractivity contribution in [3.05, 3.63) is 28.8 Å². The maximum Gasteiger partial charge on any atom is 0.172 e. The number of morpholine rings is 1. The second-order valence-electron chi connectivity index (χ2n) is 4.49. The van der Waals surface area contributed by atoms with E-state index in [9.17, 15) is 0 Å². The molecule has 1 aromatic rings. The lowest BCUT2D eigenvalue weighted by atomic mass is 10.1. The van der Waals surface area contributed by atoms with Gasteiger partial charge in [-0.25, -0.2) is 0 Å². The molecule has 0 aliphatic carbocycles. The number of amidine groups is 1. The summed E-state index contributed by atoms with van der Waals surface area (Å²) in [4.78, 5) is 2.18. The Morgan fingerprint density at radius 2 is 2.42 bits per heavy atom. The van der Waals surface area contributed by atoms with Gasteiger partial charge in [0.25, 0.3) is 0 Å². The number of ether oxygens (including phenoxy) is 1. The second-order valence-corrected chi connectivity index (χ2v) is 4.93. The molecule has 0 saturated carbocycles. The minimum atomic E-state index is 0.0667. The molecule has 1 fully saturated rings. The van der Waals surface area contributed by atoms with Crippen molar-refractivity contribution < 1.29 is 9.94 Å². The van der Waals surface area contributed by atoms with E-state index in [1.807, 2.05) is 12.1 Å². The summed E-state index contributed by atoms with van der Waals surface area (Å²) in [5.41, 5.74) is 7.28. The molecule has 1 atom stereocenters. The molecule has 1 saturated heterocycles. The fraction of sp³-hybridized carbons (Fsp3) is 0.462. The number of halogens is 1. The Balaban J connectivity index is 2.33. The van der Waals surface area contributed by atoms with Crippen LogP contribution in [0.25, 0.3) is 0 Å². The van der Waals surface area contributed by atoms with Crippen molar-refractivity contribution >= 4 is 23.1 Å². The van der Waals surface area contributed by atoms with Crippen LogP contribution in [0.2, 0.25) is 5.02 Å². The standard InChI is InChI=1S/C13H18ClN3O2/c1-2-10-8-17(5-6-19-10)12-4-3-9(14)7-11(12)13(15)16-18/h3-4,7,10,18H,2,5-6,8H2,1H3,(H2,15,16). The highest BCUT2D eigenvalue weighted by molar-refractivity contribution is 6.31. The molecule has 0 amide bonds. The van der Waals surface area contributed by atoms with Crippen LogP contribution in [0.5, 0.6) is 0 Å². The van der Waals surface area contributed by atoms with Crippen molar-refractivity contribution in [2.24, 2.45) is 10.9 Å². The fourth-order valence-electron chi connectivity index (χ4n) is 2.23. The van der Waals surface area contributed by atoms with E-state index in [1.54, 1.807) is 6.07 Å². The Morgan fingerprint density at radius 1 is 1.63 bits per heavy atom. The van der Waals surface area contributed by atoms with E-state index in [2.05, 4.69) is 17.0 Å². The van der Waals surface area contributed by atoms with Gasteiger partial charge in [0.1, 0.15) is 0 Å². The average molecular weight is 284 g/mol. The van der Waals surface area contributed by atoms with Crippen LogP contribution in [0.1, 0.15) is 18.9 Å². The molecule has 2 rings (SSSR count). The first kappa shape index (κ1) is 14.0. The van der Waals surface area contributed by atoms with Crippen LogP contribution in [0.4, 0.5) is 5.69 Å². The van der Waals surface area contributed by atoms with E-state index in [4.69, 9.17) is 27.3 Å². The summed E-state index contributed by atoms with van der Waals surface area (Å²) in [6.07, 6.45) is 1.17. The van der Waals surface area contributed by atoms with Gasteiger partial charge in [0.2, 0.25) is 0 Å². The second kappa shape index (κ2) is 6.12. The van der Waals surface area contributed by atoms with Gasteiger partial charge >= 0.3 is 0 Å². The van der Waals surface area contributed by atoms with Gasteiger partial charge in [-0.3, -0.25) is 0 Å². The van der Waals surface area contributed by atoms with Gasteiger partial charge in [0.05, 0.1) is 12.7 Å². The largest absolute Gasteiger partial charge is 0.409 e. The maximum atomic E-state index is 8.88. The Kier molecular flexibility index (Phi) is 4.50. The third kappa shape index (κ3) is 3.11. The molecule has 5 nitrogen and oxygen atoms in total. The van der Waals surface area contributed by atoms with E-state index < -0.39 is 0 Å². The molecule has 0 radical (unpaired) electrons. The normalized spacial score (nSPS) is 20.6. The number of rotatable bonds is 3. The number of oxime groups is 1. The van der Waals surface area contributed by atoms with E-state index in [1.165, 1.54) is 0 Å². The van der Waals surface area contributed by atoms with Crippen LogP contribution in [-0.4, -0.2) is 36.8 Å². The molecule has 1 aliphatic rings. The third-order valence-electron chi connectivity index (χ3n) is 3.28. The molecule has 6 heteroatoms. The fourth-order valence-corrected chi connectivity index (χ4v) is 2.40. The molecule has 0 bridgehead atoms. The first-order valence-electron chi connectivity index (χ1n) is 6.29. The van der Waals surface area contributed by atoms with Crippen LogP contribution in [0.3, 0.4) is 0 Å². The lowest BCUT2D eigenvalue weighted by Gasteiger charge is -2.35. The highest BCUT2D eigenvalue weighted by Crippen LogP contribution is 2.26. The summed E-state index contributed by atoms with van der Waals surface area (Å²) >= 11 is 5.98. The zero-order chi connectivity index (χ0) is 13.8. The molecule has 0 aromatic heterocycles. The SMILES string of the molecule is CCC1CN(c2ccc(Cl)cc2C(N)=NO)CCO1. The lowest BCUT2D eigenvalue weighted by Crippen LogP contribution is -2.43. The monoisotopic (exact) mass is 283 g/mol. The first-order chi connectivity index (χ1) is 9.15. The van der Waals surface area contributed by atoms with Crippen LogP contribution in [0, 0.1) is 0 Å². The minimum absolute atomic E-state index is 0.0667. The predicted molar refractivity (Wildman–Crippen MR) is 76.2 cm³/mol. The Morgan fingerprint density at radius 3 is 3.11 bits per heavy atom. The van der Waals surface area contributed by atoms with E-state index >= 15 is 0 Å². The molecule has 0 spiro atoms. The number of nitrogens with zero attached hydrogens (tertiary/aromatic N) is 2. The average Bonchev–Trinajstić information content (AvgIpc) is 2.46. The topological polar surface area (TPSA) is 71.1 Å². The van der Waals surface area contributed by atoms with Crippen molar-refractivity contribution in [3.8, 4) is 0 Å². The van der Waals surface area contributed by atoms with Gasteiger partial charge in [0, 0.05) is 29.4 Å². The lowest BCUT2D eigenvalue weighted by molar-refractivity contribution is 0.0384. The maximum absolute atomic E-state index is 8.88. The van der Waals surface area contributed by atoms with Gasteiger partial charge < -0.3 is 20.6 Å². The van der Waals surface area contributed by atoms with Gasteiger partial charge in [-0.2, -0.15) is 0 Å². The summed E-state index contributed by atoms with van der Waals surface area (Å²) in [7, 11) is 0. The highest BCUT2D eigenvalue weighted by Gasteiger charge is 2.22. The molecule has 1 aliphatic heterocycles. The van der Waals surface area contributed by atoms with Crippen molar-refractivity contribution in [1.29, 1.82) is 0 Å². The molecule has 1 heterocycles. The highest BCUT2D eigenvalue weighted by atomic mass is 35.5. The smallest absolute Gasteiger partial charge is 0.172 e. The molecule has 1 aromatic carbocycles. The molecule has 3 N–H and O–H groups in total. The number of benzene rings is 1. The minimum Gasteiger partial charge on any atom is -0.409 e. The summed E-state index contributed by atoms with van der Waals surface area (Å²) in [6, 6.07) is 5.41.